The maximum absolute atomic E-state index is 4.18. The van der Waals surface area contributed by atoms with Gasteiger partial charge in [0.15, 0.2) is 0 Å². The summed E-state index contributed by atoms with van der Waals surface area (Å²) in [6.45, 7) is 5.04. The lowest BCUT2D eigenvalue weighted by molar-refractivity contribution is 1.23. The van der Waals surface area contributed by atoms with E-state index in [9.17, 15) is 0 Å². The Morgan fingerprint density at radius 3 is 2.75 bits per heavy atom. The van der Waals surface area contributed by atoms with Crippen LogP contribution in [0.25, 0.3) is 0 Å². The van der Waals surface area contributed by atoms with Crippen molar-refractivity contribution < 1.29 is 0 Å². The quantitative estimate of drug-likeness (QED) is 0.485. The number of aliphatic imine (C=N–C) groups is 1. The van der Waals surface area contributed by atoms with Crippen molar-refractivity contribution in [3.05, 3.63) is 11.0 Å². The molecule has 1 aliphatic heterocycles. The van der Waals surface area contributed by atoms with Crippen molar-refractivity contribution in [2.75, 3.05) is 6.54 Å². The zero-order valence-electron chi connectivity index (χ0n) is 5.14. The van der Waals surface area contributed by atoms with Gasteiger partial charge in [0.25, 0.3) is 0 Å². The van der Waals surface area contributed by atoms with E-state index in [1.807, 2.05) is 6.92 Å². The Bertz CT molecular complexity index is 131. The number of hydrogen-bond donors (Lipinski definition) is 0. The molecule has 0 aromatic carbocycles. The first-order valence-corrected chi connectivity index (χ1v) is 3.46. The van der Waals surface area contributed by atoms with E-state index in [2.05, 4.69) is 18.0 Å². The summed E-state index contributed by atoms with van der Waals surface area (Å²) in [5.41, 5.74) is 0. The summed E-state index contributed by atoms with van der Waals surface area (Å²) in [5, 5.41) is 1.19. The van der Waals surface area contributed by atoms with Crippen molar-refractivity contribution >= 4 is 16.8 Å². The van der Waals surface area contributed by atoms with Gasteiger partial charge < -0.3 is 0 Å². The van der Waals surface area contributed by atoms with Gasteiger partial charge in [-0.2, -0.15) is 0 Å². The van der Waals surface area contributed by atoms with Crippen molar-refractivity contribution in [1.29, 1.82) is 0 Å². The fraction of sp³-hybridized carbons (Fsp3) is 0.500. The Kier molecular flexibility index (Phi) is 1.73. The molecule has 1 aliphatic rings. The lowest BCUT2D eigenvalue weighted by Crippen LogP contribution is -1.91. The average molecular weight is 127 g/mol. The molecule has 8 heavy (non-hydrogen) atoms. The lowest BCUT2D eigenvalue weighted by atomic mass is 10.5. The summed E-state index contributed by atoms with van der Waals surface area (Å²) in [7, 11) is 0. The van der Waals surface area contributed by atoms with E-state index in [1.54, 1.807) is 11.8 Å². The summed E-state index contributed by atoms with van der Waals surface area (Å²) >= 11 is 1.75. The highest BCUT2D eigenvalue weighted by atomic mass is 32.2. The van der Waals surface area contributed by atoms with E-state index in [1.165, 1.54) is 9.95 Å². The van der Waals surface area contributed by atoms with Gasteiger partial charge in [0, 0.05) is 0 Å². The van der Waals surface area contributed by atoms with E-state index < -0.39 is 0 Å². The smallest absolute Gasteiger partial charge is 0.0693 e. The maximum atomic E-state index is 4.18. The molecule has 0 bridgehead atoms. The molecule has 1 heterocycles. The topological polar surface area (TPSA) is 12.4 Å². The summed E-state index contributed by atoms with van der Waals surface area (Å²) in [4.78, 5) is 5.56. The molecule has 44 valence electrons. The van der Waals surface area contributed by atoms with E-state index in [4.69, 9.17) is 0 Å². The van der Waals surface area contributed by atoms with Crippen molar-refractivity contribution in [2.24, 2.45) is 4.99 Å². The molecule has 0 aromatic heterocycles. The van der Waals surface area contributed by atoms with Gasteiger partial charge in [0.2, 0.25) is 0 Å². The Hall–Kier alpha value is -0.240. The molecule has 1 rings (SSSR count). The predicted molar refractivity (Wildman–Crippen MR) is 39.3 cm³/mol. The van der Waals surface area contributed by atoms with Crippen LogP contribution < -0.4 is 0 Å². The highest BCUT2D eigenvalue weighted by molar-refractivity contribution is 8.17. The number of nitrogens with zero attached hydrogens (tertiary/aromatic N) is 1. The van der Waals surface area contributed by atoms with Crippen LogP contribution in [0.3, 0.4) is 0 Å². The lowest BCUT2D eigenvalue weighted by Gasteiger charge is -2.04. The highest BCUT2D eigenvalue weighted by Crippen LogP contribution is 2.19. The summed E-state index contributed by atoms with van der Waals surface area (Å²) in [6, 6.07) is 0. The molecule has 0 amide bonds. The van der Waals surface area contributed by atoms with Crippen LogP contribution in [-0.2, 0) is 0 Å². The molecular formula is C6H9NS. The second kappa shape index (κ2) is 2.35. The minimum atomic E-state index is 0.880. The van der Waals surface area contributed by atoms with Crippen LogP contribution in [0.15, 0.2) is 16.0 Å². The largest absolute Gasteiger partial charge is 0.279 e. The molecule has 0 saturated heterocycles. The average Bonchev–Trinajstić information content (AvgIpc) is 1.64. The van der Waals surface area contributed by atoms with E-state index in [-0.39, 0.29) is 0 Å². The molecule has 0 fully saturated rings. The third-order valence-electron chi connectivity index (χ3n) is 1.00. The Morgan fingerprint density at radius 1 is 1.62 bits per heavy atom. The van der Waals surface area contributed by atoms with Gasteiger partial charge in [0.1, 0.15) is 0 Å². The summed E-state index contributed by atoms with van der Waals surface area (Å²) in [6.07, 6.45) is 2.14. The number of allylic oxidation sites excluding steroid dienone is 1. The third kappa shape index (κ3) is 1.37. The van der Waals surface area contributed by atoms with Crippen LogP contribution in [0.4, 0.5) is 0 Å². The van der Waals surface area contributed by atoms with Gasteiger partial charge >= 0.3 is 0 Å². The van der Waals surface area contributed by atoms with Crippen molar-refractivity contribution in [3.63, 3.8) is 0 Å². The van der Waals surface area contributed by atoms with Crippen LogP contribution in [0, 0.1) is 0 Å². The SMILES string of the molecule is CC1=CCN=C(C)S1. The summed E-state index contributed by atoms with van der Waals surface area (Å²) < 4.78 is 0. The fourth-order valence-corrected chi connectivity index (χ4v) is 1.37. The van der Waals surface area contributed by atoms with Crippen LogP contribution in [0.2, 0.25) is 0 Å². The highest BCUT2D eigenvalue weighted by Gasteiger charge is 1.97. The Labute approximate surface area is 53.9 Å². The molecule has 0 spiro atoms. The van der Waals surface area contributed by atoms with Crippen molar-refractivity contribution in [2.45, 2.75) is 13.8 Å². The van der Waals surface area contributed by atoms with E-state index in [0.29, 0.717) is 0 Å². The normalized spacial score (nSPS) is 19.8. The van der Waals surface area contributed by atoms with Crippen LogP contribution >= 0.6 is 11.8 Å². The van der Waals surface area contributed by atoms with Gasteiger partial charge in [-0.15, -0.1) is 0 Å². The first-order valence-electron chi connectivity index (χ1n) is 2.65. The van der Waals surface area contributed by atoms with Crippen molar-refractivity contribution in [1.82, 2.24) is 0 Å². The standard InChI is InChI=1S/C6H9NS/c1-5-3-4-7-6(2)8-5/h3H,4H2,1-2H3. The number of thioether (sulfide) groups is 1. The molecule has 0 aromatic rings. The zero-order chi connectivity index (χ0) is 5.98. The van der Waals surface area contributed by atoms with Gasteiger partial charge in [-0.1, -0.05) is 17.8 Å². The van der Waals surface area contributed by atoms with Crippen LogP contribution in [0.1, 0.15) is 13.8 Å². The molecule has 0 N–H and O–H groups in total. The number of hydrogen-bond acceptors (Lipinski definition) is 2. The third-order valence-corrected chi connectivity index (χ3v) is 1.91. The fourth-order valence-electron chi connectivity index (χ4n) is 0.610. The van der Waals surface area contributed by atoms with Gasteiger partial charge in [-0.05, 0) is 18.8 Å². The molecule has 0 saturated carbocycles. The van der Waals surface area contributed by atoms with Gasteiger partial charge in [-0.25, -0.2) is 0 Å². The first kappa shape index (κ1) is 5.89. The molecule has 0 aliphatic carbocycles. The maximum Gasteiger partial charge on any atom is 0.0693 e. The molecule has 0 atom stereocenters. The van der Waals surface area contributed by atoms with Crippen molar-refractivity contribution in [3.8, 4) is 0 Å². The molecule has 0 radical (unpaired) electrons. The predicted octanol–water partition coefficient (Wildman–Crippen LogP) is 2.06. The summed E-state index contributed by atoms with van der Waals surface area (Å²) in [5.74, 6) is 0. The Morgan fingerprint density at radius 2 is 2.38 bits per heavy atom. The molecule has 2 heteroatoms. The number of rotatable bonds is 0. The van der Waals surface area contributed by atoms with Crippen LogP contribution in [0.5, 0.6) is 0 Å². The molecular weight excluding hydrogens is 118 g/mol. The monoisotopic (exact) mass is 127 g/mol. The minimum absolute atomic E-state index is 0.880. The van der Waals surface area contributed by atoms with Gasteiger partial charge in [-0.3, -0.25) is 4.99 Å². The molecule has 1 nitrogen and oxygen atoms in total. The zero-order valence-corrected chi connectivity index (χ0v) is 5.96. The first-order chi connectivity index (χ1) is 3.79. The van der Waals surface area contributed by atoms with Crippen LogP contribution in [-0.4, -0.2) is 11.6 Å². The minimum Gasteiger partial charge on any atom is -0.279 e. The molecule has 0 unspecified atom stereocenters. The van der Waals surface area contributed by atoms with E-state index >= 15 is 0 Å². The second-order valence-corrected chi connectivity index (χ2v) is 3.22. The van der Waals surface area contributed by atoms with Gasteiger partial charge in [0.05, 0.1) is 11.6 Å². The Balaban J connectivity index is 2.57. The van der Waals surface area contributed by atoms with E-state index in [0.717, 1.165) is 6.54 Å². The second-order valence-electron chi connectivity index (χ2n) is 1.78.